The Morgan fingerprint density at radius 3 is 2.62 bits per heavy atom. The highest BCUT2D eigenvalue weighted by Crippen LogP contribution is 2.39. The number of hydrogen-bond donors (Lipinski definition) is 2. The van der Waals surface area contributed by atoms with Crippen molar-refractivity contribution in [2.75, 3.05) is 6.61 Å². The van der Waals surface area contributed by atoms with E-state index >= 15 is 0 Å². The third-order valence-electron chi connectivity index (χ3n) is 7.22. The van der Waals surface area contributed by atoms with Gasteiger partial charge < -0.3 is 19.7 Å². The first kappa shape index (κ1) is 25.4. The SMILES string of the molecule is CCCC/C=C\C[C@@H]1[C@@H](CC[C@H](CCc2ccccc2)OC2CCCCO2)[C@H](O)C[C@@H]1O. The van der Waals surface area contributed by atoms with Crippen molar-refractivity contribution in [1.29, 1.82) is 0 Å². The molecule has 1 aromatic carbocycles. The van der Waals surface area contributed by atoms with Crippen molar-refractivity contribution in [2.45, 2.75) is 109 Å². The van der Waals surface area contributed by atoms with Crippen LogP contribution >= 0.6 is 0 Å². The minimum Gasteiger partial charge on any atom is -0.393 e. The van der Waals surface area contributed by atoms with E-state index in [-0.39, 0.29) is 24.2 Å². The van der Waals surface area contributed by atoms with Crippen molar-refractivity contribution in [2.24, 2.45) is 11.8 Å². The van der Waals surface area contributed by atoms with Crippen molar-refractivity contribution in [1.82, 2.24) is 0 Å². The summed E-state index contributed by atoms with van der Waals surface area (Å²) in [5, 5.41) is 21.2. The Hall–Kier alpha value is -1.20. The molecule has 0 amide bonds. The van der Waals surface area contributed by atoms with Gasteiger partial charge in [-0.05, 0) is 81.6 Å². The molecule has 0 radical (unpaired) electrons. The second kappa shape index (κ2) is 14.1. The number of unbranched alkanes of at least 4 members (excludes halogenated alkanes) is 2. The largest absolute Gasteiger partial charge is 0.393 e. The number of aryl methyl sites for hydroxylation is 1. The average molecular weight is 445 g/mol. The van der Waals surface area contributed by atoms with E-state index in [0.717, 1.165) is 64.4 Å². The Morgan fingerprint density at radius 2 is 1.88 bits per heavy atom. The van der Waals surface area contributed by atoms with Gasteiger partial charge in [0.25, 0.3) is 0 Å². The smallest absolute Gasteiger partial charge is 0.157 e. The first-order valence-electron chi connectivity index (χ1n) is 13.0. The molecule has 2 fully saturated rings. The number of rotatable bonds is 13. The topological polar surface area (TPSA) is 58.9 Å². The van der Waals surface area contributed by atoms with E-state index in [0.29, 0.717) is 6.42 Å². The first-order valence-corrected chi connectivity index (χ1v) is 13.0. The van der Waals surface area contributed by atoms with Gasteiger partial charge in [-0.25, -0.2) is 0 Å². The molecule has 0 bridgehead atoms. The van der Waals surface area contributed by atoms with Crippen LogP contribution < -0.4 is 0 Å². The van der Waals surface area contributed by atoms with Crippen LogP contribution in [0.15, 0.2) is 42.5 Å². The summed E-state index contributed by atoms with van der Waals surface area (Å²) in [5.74, 6) is 0.277. The third kappa shape index (κ3) is 8.30. The second-order valence-corrected chi connectivity index (χ2v) is 9.70. The summed E-state index contributed by atoms with van der Waals surface area (Å²) in [6.45, 7) is 2.99. The zero-order chi connectivity index (χ0) is 22.6. The summed E-state index contributed by atoms with van der Waals surface area (Å²) < 4.78 is 12.3. The van der Waals surface area contributed by atoms with E-state index in [1.54, 1.807) is 0 Å². The predicted octanol–water partition coefficient (Wildman–Crippen LogP) is 5.81. The average Bonchev–Trinajstić information content (AvgIpc) is 3.09. The van der Waals surface area contributed by atoms with Gasteiger partial charge in [-0.15, -0.1) is 0 Å². The zero-order valence-corrected chi connectivity index (χ0v) is 19.9. The van der Waals surface area contributed by atoms with Gasteiger partial charge in [0.15, 0.2) is 6.29 Å². The molecule has 0 aromatic heterocycles. The maximum absolute atomic E-state index is 10.7. The van der Waals surface area contributed by atoms with E-state index in [9.17, 15) is 10.2 Å². The molecule has 1 aliphatic carbocycles. The Kier molecular flexibility index (Phi) is 11.2. The fraction of sp³-hybridized carbons (Fsp3) is 0.714. The lowest BCUT2D eigenvalue weighted by Crippen LogP contribution is -2.30. The maximum atomic E-state index is 10.7. The fourth-order valence-corrected chi connectivity index (χ4v) is 5.26. The molecule has 6 atom stereocenters. The third-order valence-corrected chi connectivity index (χ3v) is 7.22. The van der Waals surface area contributed by atoms with Crippen LogP contribution in [0, 0.1) is 11.8 Å². The van der Waals surface area contributed by atoms with Gasteiger partial charge in [-0.1, -0.05) is 62.2 Å². The summed E-state index contributed by atoms with van der Waals surface area (Å²) in [5.41, 5.74) is 1.33. The standard InChI is InChI=1S/C28H44O4/c1-2-3-4-5-9-14-24-25(27(30)21-26(24)29)19-18-23(32-28-15-10-11-20-31-28)17-16-22-12-7-6-8-13-22/h5-9,12-13,23-30H,2-4,10-11,14-21H2,1H3/b9-5-/t23-,24+,25+,26-,27+,28?/m0/s1. The quantitative estimate of drug-likeness (QED) is 0.298. The van der Waals surface area contributed by atoms with Crippen molar-refractivity contribution < 1.29 is 19.7 Å². The van der Waals surface area contributed by atoms with Gasteiger partial charge in [0.05, 0.1) is 18.3 Å². The highest BCUT2D eigenvalue weighted by Gasteiger charge is 2.40. The van der Waals surface area contributed by atoms with Gasteiger partial charge in [0.1, 0.15) is 0 Å². The Morgan fingerprint density at radius 1 is 1.06 bits per heavy atom. The lowest BCUT2D eigenvalue weighted by atomic mass is 9.85. The fourth-order valence-electron chi connectivity index (χ4n) is 5.26. The molecular formula is C28H44O4. The van der Waals surface area contributed by atoms with Gasteiger partial charge in [-0.2, -0.15) is 0 Å². The monoisotopic (exact) mass is 444 g/mol. The van der Waals surface area contributed by atoms with E-state index < -0.39 is 12.2 Å². The van der Waals surface area contributed by atoms with Crippen molar-refractivity contribution in [3.63, 3.8) is 0 Å². The molecule has 32 heavy (non-hydrogen) atoms. The summed E-state index contributed by atoms with van der Waals surface area (Å²) >= 11 is 0. The Balaban J connectivity index is 1.55. The summed E-state index contributed by atoms with van der Waals surface area (Å²) in [4.78, 5) is 0. The number of aliphatic hydroxyl groups is 2. The second-order valence-electron chi connectivity index (χ2n) is 9.70. The molecule has 1 aliphatic heterocycles. The summed E-state index contributed by atoms with van der Waals surface area (Å²) in [7, 11) is 0. The molecule has 1 unspecified atom stereocenters. The van der Waals surface area contributed by atoms with Crippen LogP contribution in [-0.2, 0) is 15.9 Å². The Bertz CT molecular complexity index is 640. The minimum absolute atomic E-state index is 0.0964. The van der Waals surface area contributed by atoms with E-state index in [2.05, 4.69) is 49.4 Å². The number of aliphatic hydroxyl groups excluding tert-OH is 2. The van der Waals surface area contributed by atoms with Gasteiger partial charge in [0, 0.05) is 6.61 Å². The molecule has 1 saturated heterocycles. The molecule has 2 aliphatic rings. The molecule has 3 rings (SSSR count). The molecule has 2 N–H and O–H groups in total. The zero-order valence-electron chi connectivity index (χ0n) is 19.9. The van der Waals surface area contributed by atoms with Crippen LogP contribution in [0.4, 0.5) is 0 Å². The van der Waals surface area contributed by atoms with Crippen LogP contribution in [0.1, 0.15) is 83.1 Å². The van der Waals surface area contributed by atoms with Crippen LogP contribution in [0.25, 0.3) is 0 Å². The van der Waals surface area contributed by atoms with Crippen LogP contribution in [0.3, 0.4) is 0 Å². The van der Waals surface area contributed by atoms with Crippen molar-refractivity contribution >= 4 is 0 Å². The highest BCUT2D eigenvalue weighted by molar-refractivity contribution is 5.14. The normalized spacial score (nSPS) is 29.5. The van der Waals surface area contributed by atoms with Gasteiger partial charge in [0.2, 0.25) is 0 Å². The Labute approximate surface area is 195 Å². The van der Waals surface area contributed by atoms with Crippen LogP contribution in [0.5, 0.6) is 0 Å². The molecule has 4 nitrogen and oxygen atoms in total. The molecule has 1 aromatic rings. The summed E-state index contributed by atoms with van der Waals surface area (Å²) in [6, 6.07) is 10.6. The van der Waals surface area contributed by atoms with Crippen LogP contribution in [0.2, 0.25) is 0 Å². The number of ether oxygens (including phenoxy) is 2. The lowest BCUT2D eigenvalue weighted by molar-refractivity contribution is -0.191. The molecule has 0 spiro atoms. The molecular weight excluding hydrogens is 400 g/mol. The van der Waals surface area contributed by atoms with E-state index in [4.69, 9.17) is 9.47 Å². The molecule has 180 valence electrons. The van der Waals surface area contributed by atoms with E-state index in [1.165, 1.54) is 18.4 Å². The van der Waals surface area contributed by atoms with E-state index in [1.807, 2.05) is 0 Å². The van der Waals surface area contributed by atoms with Gasteiger partial charge >= 0.3 is 0 Å². The predicted molar refractivity (Wildman–Crippen MR) is 129 cm³/mol. The number of hydrogen-bond acceptors (Lipinski definition) is 4. The number of benzene rings is 1. The summed E-state index contributed by atoms with van der Waals surface area (Å²) in [6.07, 6.45) is 15.5. The lowest BCUT2D eigenvalue weighted by Gasteiger charge is -2.30. The van der Waals surface area contributed by atoms with Crippen molar-refractivity contribution in [3.05, 3.63) is 48.0 Å². The maximum Gasteiger partial charge on any atom is 0.157 e. The van der Waals surface area contributed by atoms with Crippen molar-refractivity contribution in [3.8, 4) is 0 Å². The highest BCUT2D eigenvalue weighted by atomic mass is 16.7. The number of allylic oxidation sites excluding steroid dienone is 2. The minimum atomic E-state index is -0.417. The molecule has 1 saturated carbocycles. The molecule has 1 heterocycles. The van der Waals surface area contributed by atoms with Crippen LogP contribution in [-0.4, -0.2) is 41.4 Å². The molecule has 4 heteroatoms. The van der Waals surface area contributed by atoms with Gasteiger partial charge in [-0.3, -0.25) is 0 Å². The first-order chi connectivity index (χ1) is 15.7.